The van der Waals surface area contributed by atoms with Crippen LogP contribution in [0.3, 0.4) is 0 Å². The lowest BCUT2D eigenvalue weighted by atomic mass is 10.1. The maximum Gasteiger partial charge on any atom is 0.425 e. The second-order valence-corrected chi connectivity index (χ2v) is 20.0. The summed E-state index contributed by atoms with van der Waals surface area (Å²) < 4.78 is 60.5. The van der Waals surface area contributed by atoms with E-state index in [1.165, 1.54) is 9.69 Å². The Bertz CT molecular complexity index is 2790. The summed E-state index contributed by atoms with van der Waals surface area (Å²) in [7, 11) is -7.38. The fourth-order valence-corrected chi connectivity index (χ4v) is 6.83. The van der Waals surface area contributed by atoms with Gasteiger partial charge in [0.15, 0.2) is 0 Å². The van der Waals surface area contributed by atoms with Crippen molar-refractivity contribution < 1.29 is 83.3 Å². The van der Waals surface area contributed by atoms with Gasteiger partial charge < -0.3 is 14.4 Å². The number of imide groups is 3. The third-order valence-electron chi connectivity index (χ3n) is 8.81. The van der Waals surface area contributed by atoms with Gasteiger partial charge in [-0.2, -0.15) is 23.6 Å². The minimum Gasteiger partial charge on any atom is -0.491 e. The lowest BCUT2D eigenvalue weighted by Crippen LogP contribution is -2.34. The van der Waals surface area contributed by atoms with Crippen molar-refractivity contribution in [3.8, 4) is 5.75 Å². The Morgan fingerprint density at radius 3 is 1.39 bits per heavy atom. The normalized spacial score (nSPS) is 14.8. The number of ether oxygens (including phenoxy) is 1. The molecule has 80 heavy (non-hydrogen) atoms. The van der Waals surface area contributed by atoms with E-state index in [9.17, 15) is 37.2 Å². The molecule has 6 heterocycles. The lowest BCUT2D eigenvalue weighted by molar-refractivity contribution is -0.199. The van der Waals surface area contributed by atoms with Crippen molar-refractivity contribution in [2.24, 2.45) is 5.92 Å². The molecule has 5 aromatic rings. The van der Waals surface area contributed by atoms with Crippen LogP contribution in [-0.4, -0.2) is 154 Å². The number of pyridine rings is 1. The van der Waals surface area contributed by atoms with Crippen LogP contribution in [0.15, 0.2) is 72.9 Å². The number of para-hydroxylation sites is 2. The summed E-state index contributed by atoms with van der Waals surface area (Å²) >= 11 is 0. The molecule has 0 saturated carbocycles. The quantitative estimate of drug-likeness (QED) is 0.113. The molecule has 28 nitrogen and oxygen atoms in total. The van der Waals surface area contributed by atoms with Crippen molar-refractivity contribution in [2.75, 3.05) is 5.75 Å². The van der Waals surface area contributed by atoms with E-state index < -0.39 is 44.2 Å². The molecule has 3 saturated heterocycles. The number of hydroxylamine groups is 6. The molecule has 0 radical (unpaired) electrons. The van der Waals surface area contributed by atoms with Crippen LogP contribution in [0.4, 0.5) is 0 Å². The maximum atomic E-state index is 11.5. The summed E-state index contributed by atoms with van der Waals surface area (Å²) in [6.07, 6.45) is 2.38. The summed E-state index contributed by atoms with van der Waals surface area (Å²) in [5.74, 6) is -3.11. The van der Waals surface area contributed by atoms with Gasteiger partial charge in [-0.15, -0.1) is 22.8 Å². The summed E-state index contributed by atoms with van der Waals surface area (Å²) in [6.45, 7) is 26.2. The largest absolute Gasteiger partial charge is 0.491 e. The molecular formula is C50H74N10O18S2. The molecule has 6 amide bonds. The Balaban J connectivity index is 0.000000473. The Morgan fingerprint density at radius 1 is 0.537 bits per heavy atom. The highest BCUT2D eigenvalue weighted by Gasteiger charge is 2.42. The molecule has 30 heteroatoms. The van der Waals surface area contributed by atoms with Crippen LogP contribution in [0, 0.1) is 5.92 Å². The lowest BCUT2D eigenvalue weighted by Gasteiger charge is -2.16. The van der Waals surface area contributed by atoms with E-state index in [2.05, 4.69) is 25.6 Å². The van der Waals surface area contributed by atoms with Crippen LogP contribution >= 0.6 is 0 Å². The monoisotopic (exact) mass is 1170 g/mol. The van der Waals surface area contributed by atoms with Crippen molar-refractivity contribution in [3.05, 3.63) is 72.9 Å². The Morgan fingerprint density at radius 2 is 0.938 bits per heavy atom. The number of fused-ring (bicyclic) bond motifs is 2. The Kier molecular flexibility index (Phi) is 31.8. The highest BCUT2D eigenvalue weighted by molar-refractivity contribution is 7.85. The van der Waals surface area contributed by atoms with Crippen LogP contribution in [0.1, 0.15) is 129 Å². The number of nitrogens with zero attached hydrogens (tertiary/aromatic N) is 10. The second-order valence-electron chi connectivity index (χ2n) is 18.1. The number of amides is 6. The van der Waals surface area contributed by atoms with Gasteiger partial charge in [-0.25, -0.2) is 4.98 Å². The third kappa shape index (κ3) is 27.5. The number of carbonyl (C=O) groups is 6. The minimum absolute atomic E-state index is 0.0620. The van der Waals surface area contributed by atoms with Crippen LogP contribution in [0.2, 0.25) is 0 Å². The van der Waals surface area contributed by atoms with Gasteiger partial charge in [0.05, 0.1) is 36.1 Å². The molecule has 1 atom stereocenters. The molecule has 2 aromatic carbocycles. The van der Waals surface area contributed by atoms with Crippen LogP contribution in [-0.2, 0) is 64.0 Å². The van der Waals surface area contributed by atoms with Crippen LogP contribution < -0.4 is 14.4 Å². The summed E-state index contributed by atoms with van der Waals surface area (Å²) in [5.41, 5.74) is 3.14. The zero-order valence-corrected chi connectivity index (χ0v) is 49.0. The molecular weight excluding hydrogens is 1090 g/mol. The van der Waals surface area contributed by atoms with Crippen LogP contribution in [0.25, 0.3) is 22.2 Å². The SMILES string of the molecule is CC.CC(C)ON1C(=O)CC(CS(=O)(=O)O)C1=O.CC(C)ON1C(=O)CCC1=O.CC(C)ON1C(=O)CCC1=O.CC(C)Oc1ccccc1.CC(C)On1nnc2ccccc21.CC(C)On1nnc2cccnc21.O=S(=O)=O. The summed E-state index contributed by atoms with van der Waals surface area (Å²) in [5, 5.41) is 17.9. The predicted molar refractivity (Wildman–Crippen MR) is 287 cm³/mol. The number of hydrogen-bond acceptors (Lipinski definition) is 22. The number of aromatic nitrogens is 7. The molecule has 444 valence electrons. The summed E-state index contributed by atoms with van der Waals surface area (Å²) in [4.78, 5) is 99.0. The first-order valence-corrected chi connectivity index (χ1v) is 27.9. The van der Waals surface area contributed by atoms with Crippen molar-refractivity contribution in [1.29, 1.82) is 0 Å². The van der Waals surface area contributed by atoms with Gasteiger partial charge in [0.25, 0.3) is 45.6 Å². The van der Waals surface area contributed by atoms with Gasteiger partial charge in [0, 0.05) is 38.3 Å². The smallest absolute Gasteiger partial charge is 0.425 e. The molecule has 3 aliphatic rings. The number of benzene rings is 2. The third-order valence-corrected chi connectivity index (χ3v) is 9.63. The van der Waals surface area contributed by atoms with E-state index in [4.69, 9.17) is 46.1 Å². The van der Waals surface area contributed by atoms with Crippen molar-refractivity contribution in [1.82, 2.24) is 50.5 Å². The molecule has 0 bridgehead atoms. The van der Waals surface area contributed by atoms with E-state index in [0.29, 0.717) is 10.7 Å². The topological polar surface area (TPSA) is 347 Å². The number of hydrogen-bond donors (Lipinski definition) is 1. The zero-order chi connectivity index (χ0) is 60.9. The highest BCUT2D eigenvalue weighted by atomic mass is 32.2. The second kappa shape index (κ2) is 36.0. The van der Waals surface area contributed by atoms with E-state index in [1.807, 2.05) is 122 Å². The fraction of sp³-hybridized carbons (Fsp3) is 0.540. The van der Waals surface area contributed by atoms with Crippen molar-refractivity contribution >= 4 is 78.4 Å². The maximum absolute atomic E-state index is 11.5. The van der Waals surface area contributed by atoms with Gasteiger partial charge in [-0.05, 0) is 130 Å². The zero-order valence-electron chi connectivity index (χ0n) is 47.4. The molecule has 8 rings (SSSR count). The van der Waals surface area contributed by atoms with E-state index in [0.717, 1.165) is 32.4 Å². The Labute approximate surface area is 466 Å². The van der Waals surface area contributed by atoms with Gasteiger partial charge >= 0.3 is 10.6 Å². The first kappa shape index (κ1) is 70.6. The first-order chi connectivity index (χ1) is 37.5. The van der Waals surface area contributed by atoms with E-state index >= 15 is 0 Å². The number of carbonyl (C=O) groups excluding carboxylic acids is 6. The van der Waals surface area contributed by atoms with Gasteiger partial charge in [0.2, 0.25) is 5.65 Å². The molecule has 0 aliphatic carbocycles. The molecule has 1 unspecified atom stereocenters. The predicted octanol–water partition coefficient (Wildman–Crippen LogP) is 4.97. The molecule has 3 aliphatic heterocycles. The molecule has 3 fully saturated rings. The van der Waals surface area contributed by atoms with Gasteiger partial charge in [0.1, 0.15) is 34.5 Å². The average molecular weight is 1170 g/mol. The van der Waals surface area contributed by atoms with Crippen molar-refractivity contribution in [2.45, 2.75) is 166 Å². The van der Waals surface area contributed by atoms with E-state index in [-0.39, 0.29) is 92.4 Å². The molecule has 1 N–H and O–H groups in total. The highest BCUT2D eigenvalue weighted by Crippen LogP contribution is 2.22. The first-order valence-electron chi connectivity index (χ1n) is 25.3. The molecule has 3 aromatic heterocycles. The number of rotatable bonds is 14. The van der Waals surface area contributed by atoms with Crippen LogP contribution in [0.5, 0.6) is 5.75 Å². The van der Waals surface area contributed by atoms with E-state index in [1.54, 1.807) is 47.7 Å². The molecule has 0 spiro atoms. The van der Waals surface area contributed by atoms with Crippen molar-refractivity contribution in [3.63, 3.8) is 0 Å². The summed E-state index contributed by atoms with van der Waals surface area (Å²) in [6, 6.07) is 21.2. The standard InChI is InChI=1S/C9H11N3O.C9H12O.C8H10N4O.C8H13NO6S.2C7H11NO3.C2H6.O3S/c1-7(2)13-12-9-6-4-3-5-8(9)10-11-12;1-8(2)10-9-6-4-3-5-7-9;1-6(2)13-12-8-7(10-11-12)4-3-5-9-8;1-5(2)15-9-7(10)3-6(8(9)11)4-16(12,13)14;2*1-5(2)11-8-6(9)3-4-7(8)10;1-2;1-4(2)3/h3-7H,1-2H3;3-8H,1-2H3;3-6H,1-2H3;5-6H,3-4H2,1-2H3,(H,12,13,14);2*5H,3-4H2,1-2H3;1-2H3;. The fourth-order valence-electron chi connectivity index (χ4n) is 6.06. The van der Waals surface area contributed by atoms with Gasteiger partial charge in [-0.3, -0.25) is 47.8 Å². The van der Waals surface area contributed by atoms with Gasteiger partial charge in [-0.1, -0.05) is 53.9 Å². The minimum atomic E-state index is -4.27. The Hall–Kier alpha value is -7.38. The average Bonchev–Trinajstić information content (AvgIpc) is 4.18.